The smallest absolute Gasteiger partial charge is 0.154 e. The molecule has 0 saturated heterocycles. The van der Waals surface area contributed by atoms with Gasteiger partial charge in [0.1, 0.15) is 5.83 Å². The fraction of sp³-hybridized carbons (Fsp3) is 0.556. The number of allylic oxidation sites excluding steroid dienone is 4. The molecule has 0 heterocycles. The Morgan fingerprint density at radius 3 is 2.58 bits per heavy atom. The molecule has 0 bridgehead atoms. The van der Waals surface area contributed by atoms with Gasteiger partial charge in [0.25, 0.3) is 0 Å². The Kier molecular flexibility index (Phi) is 2.07. The summed E-state index contributed by atoms with van der Waals surface area (Å²) >= 11 is 3.34. The van der Waals surface area contributed by atoms with Crippen molar-refractivity contribution in [2.75, 3.05) is 0 Å². The molecule has 0 radical (unpaired) electrons. The second kappa shape index (κ2) is 2.95. The zero-order valence-electron chi connectivity index (χ0n) is 6.43. The van der Waals surface area contributed by atoms with Gasteiger partial charge in [0.2, 0.25) is 0 Å². The Labute approximate surface area is 78.5 Å². The third-order valence-corrected chi connectivity index (χ3v) is 3.29. The van der Waals surface area contributed by atoms with Crippen molar-refractivity contribution in [3.05, 3.63) is 23.8 Å². The highest BCUT2D eigenvalue weighted by Gasteiger charge is 2.40. The van der Waals surface area contributed by atoms with E-state index < -0.39 is 11.7 Å². The summed E-state index contributed by atoms with van der Waals surface area (Å²) in [5.74, 6) is -1.16. The standard InChI is InChI=1S/C9H9BrF2/c10-6-3-4-7(11)9(12)8(6)5-1-2-5/h3-6,8H,1-2H2. The van der Waals surface area contributed by atoms with Crippen molar-refractivity contribution in [1.82, 2.24) is 0 Å². The maximum absolute atomic E-state index is 13.2. The molecule has 1 fully saturated rings. The van der Waals surface area contributed by atoms with Gasteiger partial charge in [-0.25, -0.2) is 8.78 Å². The first kappa shape index (κ1) is 8.42. The molecule has 0 aromatic heterocycles. The third-order valence-electron chi connectivity index (χ3n) is 2.42. The molecule has 12 heavy (non-hydrogen) atoms. The lowest BCUT2D eigenvalue weighted by molar-refractivity contribution is 0.400. The predicted molar refractivity (Wildman–Crippen MR) is 47.3 cm³/mol. The van der Waals surface area contributed by atoms with Gasteiger partial charge in [0.05, 0.1) is 0 Å². The van der Waals surface area contributed by atoms with Crippen molar-refractivity contribution in [2.24, 2.45) is 11.8 Å². The average molecular weight is 235 g/mol. The van der Waals surface area contributed by atoms with Crippen LogP contribution in [0.2, 0.25) is 0 Å². The molecule has 2 atom stereocenters. The van der Waals surface area contributed by atoms with Gasteiger partial charge < -0.3 is 0 Å². The molecule has 1 saturated carbocycles. The summed E-state index contributed by atoms with van der Waals surface area (Å²) in [6.07, 6.45) is 4.94. The van der Waals surface area contributed by atoms with Crippen LogP contribution in [0.5, 0.6) is 0 Å². The van der Waals surface area contributed by atoms with Gasteiger partial charge in [0.15, 0.2) is 5.83 Å². The van der Waals surface area contributed by atoms with Crippen LogP contribution in [0, 0.1) is 11.8 Å². The number of hydrogen-bond acceptors (Lipinski definition) is 0. The quantitative estimate of drug-likeness (QED) is 0.610. The van der Waals surface area contributed by atoms with E-state index in [0.717, 1.165) is 12.8 Å². The van der Waals surface area contributed by atoms with E-state index in [-0.39, 0.29) is 10.7 Å². The summed E-state index contributed by atoms with van der Waals surface area (Å²) in [6, 6.07) is 0. The van der Waals surface area contributed by atoms with Gasteiger partial charge in [-0.3, -0.25) is 0 Å². The number of rotatable bonds is 1. The first-order chi connectivity index (χ1) is 5.70. The molecule has 2 aliphatic carbocycles. The zero-order valence-corrected chi connectivity index (χ0v) is 8.02. The highest BCUT2D eigenvalue weighted by atomic mass is 79.9. The van der Waals surface area contributed by atoms with Crippen molar-refractivity contribution < 1.29 is 8.78 Å². The molecule has 2 rings (SSSR count). The maximum atomic E-state index is 13.2. The maximum Gasteiger partial charge on any atom is 0.154 e. The van der Waals surface area contributed by atoms with Gasteiger partial charge >= 0.3 is 0 Å². The van der Waals surface area contributed by atoms with Gasteiger partial charge in [-0.1, -0.05) is 22.0 Å². The molecule has 0 amide bonds. The highest BCUT2D eigenvalue weighted by molar-refractivity contribution is 9.09. The summed E-state index contributed by atoms with van der Waals surface area (Å²) < 4.78 is 26.0. The fourth-order valence-electron chi connectivity index (χ4n) is 1.60. The van der Waals surface area contributed by atoms with Gasteiger partial charge in [-0.05, 0) is 24.8 Å². The minimum Gasteiger partial charge on any atom is -0.208 e. The number of alkyl halides is 1. The van der Waals surface area contributed by atoms with E-state index in [1.807, 2.05) is 0 Å². The first-order valence-corrected chi connectivity index (χ1v) is 4.99. The molecule has 3 heteroatoms. The van der Waals surface area contributed by atoms with E-state index in [0.29, 0.717) is 5.92 Å². The van der Waals surface area contributed by atoms with E-state index in [9.17, 15) is 8.78 Å². The largest absolute Gasteiger partial charge is 0.208 e. The van der Waals surface area contributed by atoms with E-state index >= 15 is 0 Å². The molecular formula is C9H9BrF2. The SMILES string of the molecule is FC1=C(F)C(C2CC2)C(Br)C=C1. The van der Waals surface area contributed by atoms with Gasteiger partial charge in [-0.2, -0.15) is 0 Å². The molecule has 0 N–H and O–H groups in total. The van der Waals surface area contributed by atoms with E-state index in [4.69, 9.17) is 0 Å². The average Bonchev–Trinajstić information content (AvgIpc) is 2.81. The topological polar surface area (TPSA) is 0 Å². The summed E-state index contributed by atoms with van der Waals surface area (Å²) in [6.45, 7) is 0. The van der Waals surface area contributed by atoms with Gasteiger partial charge in [0, 0.05) is 10.7 Å². The van der Waals surface area contributed by atoms with Crippen molar-refractivity contribution in [3.63, 3.8) is 0 Å². The molecule has 66 valence electrons. The number of hydrogen-bond donors (Lipinski definition) is 0. The second-order valence-electron chi connectivity index (χ2n) is 3.36. The molecule has 0 aromatic rings. The fourth-order valence-corrected chi connectivity index (χ4v) is 2.41. The van der Waals surface area contributed by atoms with Gasteiger partial charge in [-0.15, -0.1) is 0 Å². The minimum atomic E-state index is -0.692. The number of halogens is 3. The van der Waals surface area contributed by atoms with Crippen LogP contribution in [-0.2, 0) is 0 Å². The van der Waals surface area contributed by atoms with Crippen LogP contribution in [-0.4, -0.2) is 4.83 Å². The summed E-state index contributed by atoms with van der Waals surface area (Å²) in [4.78, 5) is -0.0236. The normalized spacial score (nSPS) is 35.9. The predicted octanol–water partition coefficient (Wildman–Crippen LogP) is 3.50. The van der Waals surface area contributed by atoms with E-state index in [2.05, 4.69) is 15.9 Å². The van der Waals surface area contributed by atoms with Crippen molar-refractivity contribution in [1.29, 1.82) is 0 Å². The molecule has 0 aromatic carbocycles. The van der Waals surface area contributed by atoms with Crippen molar-refractivity contribution in [3.8, 4) is 0 Å². The molecule has 2 unspecified atom stereocenters. The lowest BCUT2D eigenvalue weighted by Gasteiger charge is -2.21. The summed E-state index contributed by atoms with van der Waals surface area (Å²) in [5.41, 5.74) is 0. The first-order valence-electron chi connectivity index (χ1n) is 4.07. The Hall–Kier alpha value is -0.180. The van der Waals surface area contributed by atoms with Crippen LogP contribution in [0.25, 0.3) is 0 Å². The van der Waals surface area contributed by atoms with E-state index in [1.165, 1.54) is 6.08 Å². The second-order valence-corrected chi connectivity index (χ2v) is 4.42. The van der Waals surface area contributed by atoms with Crippen LogP contribution in [0.3, 0.4) is 0 Å². The third kappa shape index (κ3) is 1.35. The summed E-state index contributed by atoms with van der Waals surface area (Å²) in [5, 5.41) is 0. The Morgan fingerprint density at radius 1 is 1.33 bits per heavy atom. The summed E-state index contributed by atoms with van der Waals surface area (Å²) in [7, 11) is 0. The Balaban J connectivity index is 2.24. The molecule has 0 nitrogen and oxygen atoms in total. The van der Waals surface area contributed by atoms with Crippen LogP contribution < -0.4 is 0 Å². The highest BCUT2D eigenvalue weighted by Crippen LogP contribution is 2.47. The minimum absolute atomic E-state index is 0.0236. The zero-order chi connectivity index (χ0) is 8.72. The Bertz CT molecular complexity index is 253. The van der Waals surface area contributed by atoms with E-state index in [1.54, 1.807) is 6.08 Å². The molecule has 0 aliphatic heterocycles. The Morgan fingerprint density at radius 2 is 2.00 bits per heavy atom. The van der Waals surface area contributed by atoms with Crippen molar-refractivity contribution >= 4 is 15.9 Å². The monoisotopic (exact) mass is 234 g/mol. The molecule has 0 spiro atoms. The van der Waals surface area contributed by atoms with Crippen LogP contribution in [0.15, 0.2) is 23.8 Å². The van der Waals surface area contributed by atoms with Crippen molar-refractivity contribution in [2.45, 2.75) is 17.7 Å². The molecule has 2 aliphatic rings. The van der Waals surface area contributed by atoms with Crippen LogP contribution in [0.1, 0.15) is 12.8 Å². The lowest BCUT2D eigenvalue weighted by Crippen LogP contribution is -2.18. The van der Waals surface area contributed by atoms with Crippen LogP contribution in [0.4, 0.5) is 8.78 Å². The van der Waals surface area contributed by atoms with Crippen LogP contribution >= 0.6 is 15.9 Å². The lowest BCUT2D eigenvalue weighted by atomic mass is 9.94. The molecular weight excluding hydrogens is 226 g/mol.